The summed E-state index contributed by atoms with van der Waals surface area (Å²) < 4.78 is 25.7. The molecule has 0 aliphatic heterocycles. The number of ether oxygens (including phenoxy) is 5. The van der Waals surface area contributed by atoms with Crippen LogP contribution in [0.4, 0.5) is 9.59 Å². The van der Waals surface area contributed by atoms with Crippen LogP contribution in [0.15, 0.2) is 35.5 Å². The maximum absolute atomic E-state index is 12.3. The topological polar surface area (TPSA) is 97.4 Å². The van der Waals surface area contributed by atoms with Crippen LogP contribution in [0.1, 0.15) is 59.3 Å². The van der Waals surface area contributed by atoms with Gasteiger partial charge in [-0.05, 0) is 54.8 Å². The van der Waals surface area contributed by atoms with Gasteiger partial charge in [-0.25, -0.2) is 14.4 Å². The van der Waals surface area contributed by atoms with E-state index in [-0.39, 0.29) is 23.2 Å². The molecule has 0 radical (unpaired) electrons. The van der Waals surface area contributed by atoms with E-state index in [1.165, 1.54) is 26.9 Å². The third-order valence-corrected chi connectivity index (χ3v) is 9.88. The average molecular weight is 517 g/mol. The Labute approximate surface area is 219 Å². The highest BCUT2D eigenvalue weighted by atomic mass is 16.7. The summed E-state index contributed by atoms with van der Waals surface area (Å²) in [5.74, 6) is 1.04. The third kappa shape index (κ3) is 4.79. The molecule has 0 aromatic heterocycles. The molecule has 37 heavy (non-hydrogen) atoms. The molecule has 3 fully saturated rings. The Morgan fingerprint density at radius 2 is 1.65 bits per heavy atom. The number of esters is 1. The van der Waals surface area contributed by atoms with E-state index in [0.29, 0.717) is 24.7 Å². The smallest absolute Gasteiger partial charge is 0.466 e. The molecule has 204 valence electrons. The van der Waals surface area contributed by atoms with Gasteiger partial charge in [0.25, 0.3) is 0 Å². The summed E-state index contributed by atoms with van der Waals surface area (Å²) in [4.78, 5) is 35.8. The van der Waals surface area contributed by atoms with Gasteiger partial charge in [-0.2, -0.15) is 0 Å². The maximum atomic E-state index is 12.3. The van der Waals surface area contributed by atoms with Gasteiger partial charge in [-0.3, -0.25) is 0 Å². The van der Waals surface area contributed by atoms with E-state index in [4.69, 9.17) is 23.7 Å². The molecule has 0 heterocycles. The predicted molar refractivity (Wildman–Crippen MR) is 135 cm³/mol. The lowest BCUT2D eigenvalue weighted by Gasteiger charge is -2.57. The van der Waals surface area contributed by atoms with Crippen molar-refractivity contribution in [2.45, 2.75) is 71.5 Å². The van der Waals surface area contributed by atoms with Gasteiger partial charge >= 0.3 is 18.3 Å². The van der Waals surface area contributed by atoms with Crippen molar-refractivity contribution in [3.05, 3.63) is 35.5 Å². The summed E-state index contributed by atoms with van der Waals surface area (Å²) in [5.41, 5.74) is 2.26. The fraction of sp³-hybridized carbons (Fsp3) is 0.690. The molecule has 8 nitrogen and oxygen atoms in total. The van der Waals surface area contributed by atoms with E-state index in [1.807, 2.05) is 6.08 Å². The molecule has 4 aliphatic rings. The molecule has 8 heteroatoms. The Bertz CT molecular complexity index is 1010. The van der Waals surface area contributed by atoms with E-state index in [2.05, 4.69) is 32.9 Å². The highest BCUT2D eigenvalue weighted by Crippen LogP contribution is 2.66. The number of rotatable bonds is 5. The molecule has 0 aromatic carbocycles. The molecule has 0 unspecified atom stereocenters. The third-order valence-electron chi connectivity index (χ3n) is 9.88. The summed E-state index contributed by atoms with van der Waals surface area (Å²) in [6, 6.07) is 0. The van der Waals surface area contributed by atoms with Crippen molar-refractivity contribution in [3.63, 3.8) is 0 Å². The highest BCUT2D eigenvalue weighted by Gasteiger charge is 2.60. The first-order valence-corrected chi connectivity index (χ1v) is 13.2. The second-order valence-electron chi connectivity index (χ2n) is 11.4. The van der Waals surface area contributed by atoms with Crippen molar-refractivity contribution in [1.29, 1.82) is 0 Å². The van der Waals surface area contributed by atoms with E-state index >= 15 is 0 Å². The van der Waals surface area contributed by atoms with Gasteiger partial charge < -0.3 is 23.7 Å². The second-order valence-corrected chi connectivity index (χ2v) is 11.4. The second kappa shape index (κ2) is 10.5. The fourth-order valence-electron chi connectivity index (χ4n) is 7.95. The first kappa shape index (κ1) is 27.3. The number of fused-ring (bicyclic) bond motifs is 5. The van der Waals surface area contributed by atoms with Crippen LogP contribution < -0.4 is 0 Å². The lowest BCUT2D eigenvalue weighted by molar-refractivity contribution is -0.134. The van der Waals surface area contributed by atoms with Crippen molar-refractivity contribution in [3.8, 4) is 0 Å². The summed E-state index contributed by atoms with van der Waals surface area (Å²) >= 11 is 0. The van der Waals surface area contributed by atoms with Crippen molar-refractivity contribution >= 4 is 18.3 Å². The van der Waals surface area contributed by atoms with E-state index in [1.54, 1.807) is 6.08 Å². The number of hydrogen-bond donors (Lipinski definition) is 0. The minimum atomic E-state index is -0.737. The van der Waals surface area contributed by atoms with Gasteiger partial charge in [0.15, 0.2) is 0 Å². The van der Waals surface area contributed by atoms with Crippen molar-refractivity contribution in [1.82, 2.24) is 0 Å². The molecule has 0 bridgehead atoms. The van der Waals surface area contributed by atoms with Crippen LogP contribution >= 0.6 is 0 Å². The minimum absolute atomic E-state index is 0.119. The van der Waals surface area contributed by atoms with Crippen LogP contribution in [-0.4, -0.2) is 51.8 Å². The van der Waals surface area contributed by atoms with Crippen LogP contribution in [0.3, 0.4) is 0 Å². The van der Waals surface area contributed by atoms with Crippen LogP contribution in [0, 0.1) is 34.5 Å². The highest BCUT2D eigenvalue weighted by molar-refractivity contribution is 5.81. The minimum Gasteiger partial charge on any atom is -0.466 e. The van der Waals surface area contributed by atoms with Crippen molar-refractivity contribution in [2.75, 3.05) is 21.3 Å². The number of methoxy groups -OCH3 is 3. The van der Waals surface area contributed by atoms with Crippen LogP contribution in [0.25, 0.3) is 0 Å². The fourth-order valence-corrected chi connectivity index (χ4v) is 7.95. The number of allylic oxidation sites excluding steroid dienone is 4. The molecule has 0 aromatic rings. The lowest BCUT2D eigenvalue weighted by atomic mass is 9.49. The van der Waals surface area contributed by atoms with Crippen molar-refractivity contribution < 1.29 is 38.1 Å². The van der Waals surface area contributed by atoms with E-state index < -0.39 is 29.9 Å². The van der Waals surface area contributed by atoms with E-state index in [0.717, 1.165) is 31.3 Å². The summed E-state index contributed by atoms with van der Waals surface area (Å²) in [5, 5.41) is 0. The molecular formula is C29H40O8. The molecular weight excluding hydrogens is 476 g/mol. The molecule has 0 amide bonds. The van der Waals surface area contributed by atoms with Crippen LogP contribution in [0.5, 0.6) is 0 Å². The van der Waals surface area contributed by atoms with Gasteiger partial charge in [-0.1, -0.05) is 50.1 Å². The van der Waals surface area contributed by atoms with Gasteiger partial charge in [0, 0.05) is 24.3 Å². The maximum Gasteiger partial charge on any atom is 0.508 e. The quantitative estimate of drug-likeness (QED) is 0.258. The molecule has 0 spiro atoms. The Morgan fingerprint density at radius 1 is 0.946 bits per heavy atom. The summed E-state index contributed by atoms with van der Waals surface area (Å²) in [7, 11) is 3.99. The van der Waals surface area contributed by atoms with Crippen LogP contribution in [-0.2, 0) is 28.5 Å². The SMILES string of the molecule is COC(=O)/C=C/[C@@H](C)[C@H]1CC[C@H]2C3=CC=C4C[C@@H](OC(=O)OC)C[C@H](OC(=O)OC)[C@]4(C)[C@H]3CC[C@]12C. The molecule has 0 saturated heterocycles. The van der Waals surface area contributed by atoms with Gasteiger partial charge in [-0.15, -0.1) is 0 Å². The molecule has 3 saturated carbocycles. The van der Waals surface area contributed by atoms with Gasteiger partial charge in [0.2, 0.25) is 0 Å². The molecule has 4 aliphatic carbocycles. The molecule has 0 N–H and O–H groups in total. The predicted octanol–water partition coefficient (Wildman–Crippen LogP) is 5.76. The van der Waals surface area contributed by atoms with E-state index in [9.17, 15) is 14.4 Å². The Balaban J connectivity index is 1.64. The normalized spacial score (nSPS) is 37.2. The molecule has 4 rings (SSSR count). The zero-order valence-electron chi connectivity index (χ0n) is 22.8. The number of carbonyl (C=O) groups is 3. The summed E-state index contributed by atoms with van der Waals surface area (Å²) in [6.07, 6.45) is 10.8. The Hall–Kier alpha value is -2.77. The molecule has 8 atom stereocenters. The summed E-state index contributed by atoms with van der Waals surface area (Å²) in [6.45, 7) is 6.79. The van der Waals surface area contributed by atoms with Gasteiger partial charge in [0.05, 0.1) is 21.3 Å². The number of carbonyl (C=O) groups excluding carboxylic acids is 3. The lowest BCUT2D eigenvalue weighted by Crippen LogP contribution is -2.54. The largest absolute Gasteiger partial charge is 0.508 e. The van der Waals surface area contributed by atoms with Gasteiger partial charge in [0.1, 0.15) is 12.2 Å². The van der Waals surface area contributed by atoms with Crippen LogP contribution in [0.2, 0.25) is 0 Å². The Kier molecular flexibility index (Phi) is 7.77. The zero-order chi connectivity index (χ0) is 27.0. The standard InChI is InChI=1S/C29H40O8/c1-17(7-12-25(30)33-4)21-10-11-22-20-9-8-18-15-19(36-26(31)34-5)16-24(37-27(32)35-6)29(18,3)23(20)13-14-28(21,22)2/h7-9,12,17,19,21-24H,10-11,13-16H2,1-6H3/b12-7+/t17-,19-,21-,22+,23+,24+,28-,29+/m1/s1. The first-order chi connectivity index (χ1) is 17.6. The first-order valence-electron chi connectivity index (χ1n) is 13.2. The number of hydrogen-bond acceptors (Lipinski definition) is 8. The Morgan fingerprint density at radius 3 is 2.32 bits per heavy atom. The van der Waals surface area contributed by atoms with Crippen molar-refractivity contribution in [2.24, 2.45) is 34.5 Å². The monoisotopic (exact) mass is 516 g/mol. The average Bonchev–Trinajstić information content (AvgIpc) is 3.24. The zero-order valence-corrected chi connectivity index (χ0v) is 22.8.